The largest absolute Gasteiger partial charge is 0.573 e. The van der Waals surface area contributed by atoms with Gasteiger partial charge in [0, 0.05) is 16.2 Å². The van der Waals surface area contributed by atoms with Crippen molar-refractivity contribution in [2.24, 2.45) is 0 Å². The van der Waals surface area contributed by atoms with Crippen molar-refractivity contribution in [2.45, 2.75) is 6.36 Å². The van der Waals surface area contributed by atoms with Crippen LogP contribution in [0.5, 0.6) is 5.75 Å². The van der Waals surface area contributed by atoms with Gasteiger partial charge in [-0.15, -0.1) is 13.2 Å². The Kier molecular flexibility index (Phi) is 3.87. The average Bonchev–Trinajstić information content (AvgIpc) is 2.20. The molecule has 1 aromatic carbocycles. The molecule has 8 heteroatoms. The van der Waals surface area contributed by atoms with Gasteiger partial charge in [0.1, 0.15) is 11.3 Å². The van der Waals surface area contributed by atoms with E-state index in [1.54, 1.807) is 0 Å². The lowest BCUT2D eigenvalue weighted by Gasteiger charge is -2.13. The molecule has 4 nitrogen and oxygen atoms in total. The molecule has 1 aromatic rings. The fourth-order valence-electron chi connectivity index (χ4n) is 1.05. The van der Waals surface area contributed by atoms with E-state index in [1.165, 1.54) is 0 Å². The molecule has 2 N–H and O–H groups in total. The van der Waals surface area contributed by atoms with Gasteiger partial charge in [0.2, 0.25) is 0 Å². The molecule has 0 saturated heterocycles. The lowest BCUT2D eigenvalue weighted by atomic mass is 10.2. The molecule has 0 aromatic heterocycles. The number of benzene rings is 1. The zero-order chi connectivity index (χ0) is 13.2. The monoisotopic (exact) mass is 313 g/mol. The first kappa shape index (κ1) is 13.6. The van der Waals surface area contributed by atoms with Crippen molar-refractivity contribution in [3.8, 4) is 5.75 Å². The van der Waals surface area contributed by atoms with Crippen molar-refractivity contribution in [3.05, 3.63) is 22.2 Å². The van der Waals surface area contributed by atoms with E-state index in [2.05, 4.69) is 25.4 Å². The Morgan fingerprint density at radius 1 is 1.41 bits per heavy atom. The average molecular weight is 314 g/mol. The minimum atomic E-state index is -4.91. The van der Waals surface area contributed by atoms with Gasteiger partial charge in [-0.3, -0.25) is 0 Å². The molecule has 0 aliphatic heterocycles. The van der Waals surface area contributed by atoms with E-state index in [1.807, 2.05) is 0 Å². The summed E-state index contributed by atoms with van der Waals surface area (Å²) < 4.78 is 44.6. The van der Waals surface area contributed by atoms with Crippen LogP contribution in [0.4, 0.5) is 18.9 Å². The number of nitrogen functional groups attached to an aromatic ring is 1. The highest BCUT2D eigenvalue weighted by Gasteiger charge is 2.33. The third-order valence-electron chi connectivity index (χ3n) is 1.73. The molecule has 1 rings (SSSR count). The van der Waals surface area contributed by atoms with E-state index >= 15 is 0 Å². The molecule has 94 valence electrons. The molecule has 0 spiro atoms. The number of ether oxygens (including phenoxy) is 2. The SMILES string of the molecule is COC(=O)c1cc(Br)c(N)cc1OC(F)(F)F. The Hall–Kier alpha value is -1.44. The molecular formula is C9H7BrF3NO3. The van der Waals surface area contributed by atoms with Crippen LogP contribution < -0.4 is 10.5 Å². The third-order valence-corrected chi connectivity index (χ3v) is 2.42. The van der Waals surface area contributed by atoms with Gasteiger partial charge < -0.3 is 15.2 Å². The van der Waals surface area contributed by atoms with Gasteiger partial charge in [-0.25, -0.2) is 4.79 Å². The quantitative estimate of drug-likeness (QED) is 0.673. The Labute approximate surface area is 103 Å². The van der Waals surface area contributed by atoms with Gasteiger partial charge in [0.15, 0.2) is 0 Å². The van der Waals surface area contributed by atoms with E-state index in [9.17, 15) is 18.0 Å². The van der Waals surface area contributed by atoms with Crippen molar-refractivity contribution in [1.29, 1.82) is 0 Å². The second kappa shape index (κ2) is 4.82. The maximum absolute atomic E-state index is 12.1. The molecule has 0 aliphatic carbocycles. The topological polar surface area (TPSA) is 61.5 Å². The van der Waals surface area contributed by atoms with Gasteiger partial charge in [-0.05, 0) is 22.0 Å². The van der Waals surface area contributed by atoms with Crippen molar-refractivity contribution < 1.29 is 27.4 Å². The van der Waals surface area contributed by atoms with Gasteiger partial charge >= 0.3 is 12.3 Å². The van der Waals surface area contributed by atoms with Crippen LogP contribution in [0, 0.1) is 0 Å². The first-order valence-corrected chi connectivity index (χ1v) is 4.97. The zero-order valence-electron chi connectivity index (χ0n) is 8.47. The van der Waals surface area contributed by atoms with Gasteiger partial charge in [-0.2, -0.15) is 0 Å². The molecule has 0 amide bonds. The number of nitrogens with two attached hydrogens (primary N) is 1. The van der Waals surface area contributed by atoms with Crippen LogP contribution in [0.2, 0.25) is 0 Å². The number of hydrogen-bond donors (Lipinski definition) is 1. The van der Waals surface area contributed by atoms with E-state index < -0.39 is 18.1 Å². The summed E-state index contributed by atoms with van der Waals surface area (Å²) in [4.78, 5) is 11.3. The zero-order valence-corrected chi connectivity index (χ0v) is 10.1. The summed E-state index contributed by atoms with van der Waals surface area (Å²) >= 11 is 2.99. The summed E-state index contributed by atoms with van der Waals surface area (Å²) in [5.74, 6) is -1.66. The molecule has 0 saturated carbocycles. The van der Waals surface area contributed by atoms with Crippen molar-refractivity contribution in [3.63, 3.8) is 0 Å². The van der Waals surface area contributed by atoms with Crippen LogP contribution in [0.3, 0.4) is 0 Å². The van der Waals surface area contributed by atoms with Crippen molar-refractivity contribution in [1.82, 2.24) is 0 Å². The summed E-state index contributed by atoms with van der Waals surface area (Å²) in [7, 11) is 1.05. The van der Waals surface area contributed by atoms with Crippen LogP contribution in [-0.4, -0.2) is 19.4 Å². The molecule has 0 unspecified atom stereocenters. The number of anilines is 1. The lowest BCUT2D eigenvalue weighted by Crippen LogP contribution is -2.19. The Balaban J connectivity index is 3.26. The second-order valence-corrected chi connectivity index (χ2v) is 3.76. The highest BCUT2D eigenvalue weighted by atomic mass is 79.9. The number of esters is 1. The first-order valence-electron chi connectivity index (χ1n) is 4.17. The predicted molar refractivity (Wildman–Crippen MR) is 56.6 cm³/mol. The standard InChI is InChI=1S/C9H7BrF3NO3/c1-16-8(15)4-2-5(10)6(14)3-7(4)17-9(11,12)13/h2-3H,14H2,1H3. The molecule has 0 fully saturated rings. The fraction of sp³-hybridized carbons (Fsp3) is 0.222. The number of carbonyl (C=O) groups excluding carboxylic acids is 1. The van der Waals surface area contributed by atoms with Crippen molar-refractivity contribution >= 4 is 27.6 Å². The maximum atomic E-state index is 12.1. The Bertz CT molecular complexity index is 448. The van der Waals surface area contributed by atoms with E-state index in [4.69, 9.17) is 5.73 Å². The van der Waals surface area contributed by atoms with E-state index in [0.29, 0.717) is 0 Å². The smallest absolute Gasteiger partial charge is 0.465 e. The van der Waals surface area contributed by atoms with Crippen LogP contribution >= 0.6 is 15.9 Å². The predicted octanol–water partition coefficient (Wildman–Crippen LogP) is 2.72. The van der Waals surface area contributed by atoms with Gasteiger partial charge in [-0.1, -0.05) is 0 Å². The Morgan fingerprint density at radius 2 is 2.00 bits per heavy atom. The summed E-state index contributed by atoms with van der Waals surface area (Å²) in [6, 6.07) is 1.99. The fourth-order valence-corrected chi connectivity index (χ4v) is 1.39. The number of alkyl halides is 3. The maximum Gasteiger partial charge on any atom is 0.573 e. The van der Waals surface area contributed by atoms with E-state index in [0.717, 1.165) is 19.2 Å². The molecular weight excluding hydrogens is 307 g/mol. The normalized spacial score (nSPS) is 11.1. The van der Waals surface area contributed by atoms with Crippen molar-refractivity contribution in [2.75, 3.05) is 12.8 Å². The van der Waals surface area contributed by atoms with Crippen LogP contribution in [-0.2, 0) is 4.74 Å². The lowest BCUT2D eigenvalue weighted by molar-refractivity contribution is -0.274. The second-order valence-electron chi connectivity index (χ2n) is 2.91. The van der Waals surface area contributed by atoms with Gasteiger partial charge in [0.25, 0.3) is 0 Å². The highest BCUT2D eigenvalue weighted by Crippen LogP contribution is 2.33. The molecule has 0 heterocycles. The molecule has 0 aliphatic rings. The number of halogens is 4. The molecule has 17 heavy (non-hydrogen) atoms. The number of carbonyl (C=O) groups is 1. The minimum absolute atomic E-state index is 0.0110. The number of rotatable bonds is 2. The van der Waals surface area contributed by atoms with Crippen LogP contribution in [0.1, 0.15) is 10.4 Å². The van der Waals surface area contributed by atoms with E-state index in [-0.39, 0.29) is 15.7 Å². The van der Waals surface area contributed by atoms with Gasteiger partial charge in [0.05, 0.1) is 7.11 Å². The number of methoxy groups -OCH3 is 1. The highest BCUT2D eigenvalue weighted by molar-refractivity contribution is 9.10. The van der Waals surface area contributed by atoms with Crippen LogP contribution in [0.25, 0.3) is 0 Å². The summed E-state index contributed by atoms with van der Waals surface area (Å²) in [6.07, 6.45) is -4.91. The third kappa shape index (κ3) is 3.52. The summed E-state index contributed by atoms with van der Waals surface area (Å²) in [5, 5.41) is 0. The molecule has 0 atom stereocenters. The first-order chi connectivity index (χ1) is 7.74. The molecule has 0 radical (unpaired) electrons. The number of hydrogen-bond acceptors (Lipinski definition) is 4. The summed E-state index contributed by atoms with van der Waals surface area (Å²) in [5.41, 5.74) is 5.05. The molecule has 0 bridgehead atoms. The van der Waals surface area contributed by atoms with Crippen LogP contribution in [0.15, 0.2) is 16.6 Å². The summed E-state index contributed by atoms with van der Waals surface area (Å²) in [6.45, 7) is 0. The minimum Gasteiger partial charge on any atom is -0.465 e. The Morgan fingerprint density at radius 3 is 2.47 bits per heavy atom.